The van der Waals surface area contributed by atoms with E-state index in [4.69, 9.17) is 32.7 Å². The van der Waals surface area contributed by atoms with Crippen LogP contribution in [-0.2, 0) is 9.59 Å². The maximum atomic E-state index is 13.1. The summed E-state index contributed by atoms with van der Waals surface area (Å²) in [4.78, 5) is 29.7. The lowest BCUT2D eigenvalue weighted by atomic mass is 10.2. The van der Waals surface area contributed by atoms with Gasteiger partial charge in [0.1, 0.15) is 5.82 Å². The van der Waals surface area contributed by atoms with E-state index in [-0.39, 0.29) is 12.5 Å². The van der Waals surface area contributed by atoms with Crippen LogP contribution < -0.4 is 20.1 Å². The monoisotopic (exact) mass is 637 g/mol. The summed E-state index contributed by atoms with van der Waals surface area (Å²) in [6.45, 7) is 1.87. The van der Waals surface area contributed by atoms with Crippen LogP contribution in [0.15, 0.2) is 69.0 Å². The molecule has 3 aromatic carbocycles. The minimum absolute atomic E-state index is 0.292. The van der Waals surface area contributed by atoms with Gasteiger partial charge in [0, 0.05) is 10.2 Å². The first kappa shape index (κ1) is 28.0. The Bertz CT molecular complexity index is 1450. The molecule has 0 aromatic heterocycles. The summed E-state index contributed by atoms with van der Waals surface area (Å²) >= 11 is 16.9. The maximum absolute atomic E-state index is 13.1. The molecule has 12 heteroatoms. The molecule has 1 saturated heterocycles. The Morgan fingerprint density at radius 1 is 1.16 bits per heavy atom. The molecule has 0 atom stereocenters. The van der Waals surface area contributed by atoms with Crippen molar-refractivity contribution >= 4 is 85.3 Å². The third-order valence-electron chi connectivity index (χ3n) is 4.94. The lowest BCUT2D eigenvalue weighted by Gasteiger charge is -2.14. The number of rotatable bonds is 8. The van der Waals surface area contributed by atoms with Crippen molar-refractivity contribution in [3.63, 3.8) is 0 Å². The van der Waals surface area contributed by atoms with Crippen molar-refractivity contribution in [3.8, 4) is 11.5 Å². The van der Waals surface area contributed by atoms with Crippen LogP contribution in [0.25, 0.3) is 6.08 Å². The van der Waals surface area contributed by atoms with Crippen molar-refractivity contribution in [1.82, 2.24) is 5.32 Å². The van der Waals surface area contributed by atoms with Gasteiger partial charge in [0.25, 0.3) is 11.8 Å². The van der Waals surface area contributed by atoms with Crippen LogP contribution in [-0.4, -0.2) is 30.2 Å². The molecule has 7 nitrogen and oxygen atoms in total. The lowest BCUT2D eigenvalue weighted by Crippen LogP contribution is -2.20. The number of thioether (sulfide) groups is 1. The number of anilines is 1. The van der Waals surface area contributed by atoms with E-state index in [2.05, 4.69) is 31.6 Å². The van der Waals surface area contributed by atoms with Gasteiger partial charge in [0.05, 0.1) is 27.2 Å². The number of benzene rings is 3. The highest BCUT2D eigenvalue weighted by atomic mass is 79.9. The molecule has 0 radical (unpaired) electrons. The van der Waals surface area contributed by atoms with Gasteiger partial charge in [0.2, 0.25) is 0 Å². The highest BCUT2D eigenvalue weighted by Gasteiger charge is 2.25. The number of hydrogen-bond donors (Lipinski definition) is 2. The van der Waals surface area contributed by atoms with E-state index in [0.717, 1.165) is 11.8 Å². The molecule has 3 aromatic rings. The summed E-state index contributed by atoms with van der Waals surface area (Å²) in [6.07, 6.45) is 1.68. The number of ether oxygens (including phenoxy) is 2. The summed E-state index contributed by atoms with van der Waals surface area (Å²) in [5, 5.41) is 6.36. The number of carbonyl (C=O) groups excluding carboxylic acids is 2. The molecule has 0 bridgehead atoms. The Balaban J connectivity index is 1.50. The highest BCUT2D eigenvalue weighted by Crippen LogP contribution is 2.38. The predicted octanol–water partition coefficient (Wildman–Crippen LogP) is 7.20. The summed E-state index contributed by atoms with van der Waals surface area (Å²) in [5.41, 5.74) is 1.53. The number of amidine groups is 1. The van der Waals surface area contributed by atoms with Crippen molar-refractivity contribution in [1.29, 1.82) is 0 Å². The molecule has 1 fully saturated rings. The number of hydrogen-bond acceptors (Lipinski definition) is 6. The van der Waals surface area contributed by atoms with Crippen molar-refractivity contribution in [3.05, 3.63) is 85.4 Å². The Hall–Kier alpha value is -3.05. The zero-order valence-corrected chi connectivity index (χ0v) is 23.6. The van der Waals surface area contributed by atoms with E-state index in [1.807, 2.05) is 6.92 Å². The number of nitrogens with zero attached hydrogens (tertiary/aromatic N) is 1. The molecule has 0 unspecified atom stereocenters. The fraction of sp³-hybridized carbons (Fsp3) is 0.115. The molecule has 1 aliphatic rings. The number of nitrogens with one attached hydrogen (secondary N) is 2. The fourth-order valence-electron chi connectivity index (χ4n) is 3.23. The van der Waals surface area contributed by atoms with Gasteiger partial charge in [-0.25, -0.2) is 9.38 Å². The molecular formula is C26H19BrCl2FN3O4S. The average molecular weight is 639 g/mol. The number of amides is 2. The zero-order valence-electron chi connectivity index (χ0n) is 19.7. The second kappa shape index (κ2) is 12.7. The van der Waals surface area contributed by atoms with E-state index in [0.29, 0.717) is 59.6 Å². The molecule has 0 saturated carbocycles. The Morgan fingerprint density at radius 3 is 2.63 bits per heavy atom. The number of carbonyl (C=O) groups is 2. The molecular weight excluding hydrogens is 620 g/mol. The van der Waals surface area contributed by atoms with Crippen LogP contribution in [0.5, 0.6) is 11.5 Å². The van der Waals surface area contributed by atoms with Gasteiger partial charge in [-0.2, -0.15) is 0 Å². The Kier molecular flexibility index (Phi) is 9.32. The van der Waals surface area contributed by atoms with Crippen LogP contribution in [0.2, 0.25) is 10.0 Å². The minimum Gasteiger partial charge on any atom is -0.490 e. The number of aliphatic imine (C=N–C) groups is 1. The first-order valence-electron chi connectivity index (χ1n) is 11.1. The molecule has 196 valence electrons. The van der Waals surface area contributed by atoms with E-state index in [1.165, 1.54) is 24.3 Å². The third-order valence-corrected chi connectivity index (χ3v) is 7.35. The summed E-state index contributed by atoms with van der Waals surface area (Å²) in [7, 11) is 0. The molecule has 2 amide bonds. The topological polar surface area (TPSA) is 89.0 Å². The van der Waals surface area contributed by atoms with Crippen molar-refractivity contribution in [2.75, 3.05) is 18.5 Å². The Morgan fingerprint density at radius 2 is 1.89 bits per heavy atom. The van der Waals surface area contributed by atoms with Crippen molar-refractivity contribution in [2.24, 2.45) is 4.99 Å². The molecule has 0 spiro atoms. The van der Waals surface area contributed by atoms with Crippen molar-refractivity contribution < 1.29 is 23.5 Å². The normalized spacial score (nSPS) is 15.0. The SMILES string of the molecule is CCOc1cc(/C=C2/SC(=Nc3cccc(Cl)c3Cl)NC2=O)c(Br)cc1OCC(=O)Nc1ccc(F)cc1. The second-order valence-electron chi connectivity index (χ2n) is 7.65. The highest BCUT2D eigenvalue weighted by molar-refractivity contribution is 9.10. The van der Waals surface area contributed by atoms with Gasteiger partial charge in [0.15, 0.2) is 23.3 Å². The van der Waals surface area contributed by atoms with Crippen LogP contribution in [0.1, 0.15) is 12.5 Å². The van der Waals surface area contributed by atoms with Gasteiger partial charge < -0.3 is 20.1 Å². The Labute approximate surface area is 240 Å². The molecule has 1 aliphatic heterocycles. The number of halogens is 4. The molecule has 4 rings (SSSR count). The predicted molar refractivity (Wildman–Crippen MR) is 153 cm³/mol. The quantitative estimate of drug-likeness (QED) is 0.255. The molecule has 2 N–H and O–H groups in total. The summed E-state index contributed by atoms with van der Waals surface area (Å²) < 4.78 is 25.1. The van der Waals surface area contributed by atoms with E-state index < -0.39 is 11.7 Å². The first-order chi connectivity index (χ1) is 18.2. The van der Waals surface area contributed by atoms with Crippen LogP contribution in [0.3, 0.4) is 0 Å². The third kappa shape index (κ3) is 7.08. The van der Waals surface area contributed by atoms with E-state index in [9.17, 15) is 14.0 Å². The molecule has 1 heterocycles. The van der Waals surface area contributed by atoms with Gasteiger partial charge in [-0.15, -0.1) is 0 Å². The minimum atomic E-state index is -0.424. The summed E-state index contributed by atoms with van der Waals surface area (Å²) in [6, 6.07) is 13.8. The van der Waals surface area contributed by atoms with Crippen LogP contribution in [0, 0.1) is 5.82 Å². The van der Waals surface area contributed by atoms with E-state index in [1.54, 1.807) is 36.4 Å². The zero-order chi connectivity index (χ0) is 27.2. The fourth-order valence-corrected chi connectivity index (χ4v) is 4.83. The van der Waals surface area contributed by atoms with Gasteiger partial charge >= 0.3 is 0 Å². The molecule has 38 heavy (non-hydrogen) atoms. The van der Waals surface area contributed by atoms with Crippen LogP contribution >= 0.6 is 50.9 Å². The second-order valence-corrected chi connectivity index (χ2v) is 10.3. The summed E-state index contributed by atoms with van der Waals surface area (Å²) in [5.74, 6) is -0.429. The first-order valence-corrected chi connectivity index (χ1v) is 13.5. The largest absolute Gasteiger partial charge is 0.490 e. The lowest BCUT2D eigenvalue weighted by molar-refractivity contribution is -0.118. The maximum Gasteiger partial charge on any atom is 0.264 e. The van der Waals surface area contributed by atoms with Crippen LogP contribution in [0.4, 0.5) is 15.8 Å². The van der Waals surface area contributed by atoms with Gasteiger partial charge in [-0.1, -0.05) is 45.2 Å². The van der Waals surface area contributed by atoms with Gasteiger partial charge in [-0.05, 0) is 78.9 Å². The average Bonchev–Trinajstić information content (AvgIpc) is 3.22. The molecule has 0 aliphatic carbocycles. The van der Waals surface area contributed by atoms with E-state index >= 15 is 0 Å². The van der Waals surface area contributed by atoms with Gasteiger partial charge in [-0.3, -0.25) is 9.59 Å². The smallest absolute Gasteiger partial charge is 0.264 e. The standard InChI is InChI=1S/C26H19BrCl2FN3O4S/c1-2-36-20-10-14(11-22-25(35)33-26(38-22)32-19-5-3-4-18(28)24(19)29)17(27)12-21(20)37-13-23(34)31-16-8-6-15(30)7-9-16/h3-12H,2,13H2,1H3,(H,31,34)(H,32,33,35)/b22-11+. The van der Waals surface area contributed by atoms with Crippen molar-refractivity contribution in [2.45, 2.75) is 6.92 Å².